The Balaban J connectivity index is 0.000000730. The molecule has 1 aromatic heterocycles. The molecule has 0 bridgehead atoms. The molecule has 2 aliphatic heterocycles. The van der Waals surface area contributed by atoms with Crippen LogP contribution in [-0.4, -0.2) is 59.5 Å². The van der Waals surface area contributed by atoms with Gasteiger partial charge in [-0.3, -0.25) is 0 Å². The predicted molar refractivity (Wildman–Crippen MR) is 108 cm³/mol. The molecule has 0 aliphatic carbocycles. The summed E-state index contributed by atoms with van der Waals surface area (Å²) in [7, 11) is 2.24. The molecule has 1 aromatic rings. The van der Waals surface area contributed by atoms with E-state index in [1.807, 2.05) is 33.9 Å². The highest BCUT2D eigenvalue weighted by Crippen LogP contribution is 2.29. The lowest BCUT2D eigenvalue weighted by Crippen LogP contribution is -2.40. The number of aryl methyl sites for hydroxylation is 1. The topological polar surface area (TPSA) is 32.3 Å². The van der Waals surface area contributed by atoms with Gasteiger partial charge in [0.1, 0.15) is 6.33 Å². The van der Waals surface area contributed by atoms with Crippen LogP contribution in [0.25, 0.3) is 0 Å². The van der Waals surface area contributed by atoms with Crippen molar-refractivity contribution in [2.75, 3.05) is 39.8 Å². The Labute approximate surface area is 156 Å². The molecule has 0 N–H and O–H groups in total. The number of likely N-dealkylation sites (tertiary alicyclic amines) is 2. The van der Waals surface area contributed by atoms with E-state index in [0.717, 1.165) is 5.92 Å². The highest BCUT2D eigenvalue weighted by Gasteiger charge is 2.25. The largest absolute Gasteiger partial charge is 0.306 e. The molecule has 0 saturated carbocycles. The summed E-state index contributed by atoms with van der Waals surface area (Å²) in [5, 5.41) is 0. The summed E-state index contributed by atoms with van der Waals surface area (Å²) in [4.78, 5) is 13.8. The zero-order valence-corrected chi connectivity index (χ0v) is 17.5. The molecule has 0 amide bonds. The first-order valence-electron chi connectivity index (χ1n) is 10.4. The monoisotopic (exact) mass is 348 g/mol. The number of nitrogens with zero attached hydrogens (tertiary/aromatic N) is 4. The number of piperidine rings is 2. The zero-order chi connectivity index (χ0) is 18.7. The molecule has 0 spiro atoms. The summed E-state index contributed by atoms with van der Waals surface area (Å²) in [5.74, 6) is 1.56. The maximum Gasteiger partial charge on any atom is 0.115 e. The van der Waals surface area contributed by atoms with Crippen LogP contribution < -0.4 is 0 Å². The van der Waals surface area contributed by atoms with Gasteiger partial charge in [0.05, 0.1) is 0 Å². The molecule has 3 rings (SSSR count). The lowest BCUT2D eigenvalue weighted by atomic mass is 9.89. The van der Waals surface area contributed by atoms with Crippen molar-refractivity contribution < 1.29 is 0 Å². The summed E-state index contributed by atoms with van der Waals surface area (Å²) in [5.41, 5.74) is 2.54. The number of hydrogen-bond donors (Lipinski definition) is 0. The van der Waals surface area contributed by atoms with E-state index in [0.29, 0.717) is 5.92 Å². The van der Waals surface area contributed by atoms with Gasteiger partial charge in [0.2, 0.25) is 0 Å². The van der Waals surface area contributed by atoms with E-state index in [4.69, 9.17) is 0 Å². The number of rotatable bonds is 3. The van der Waals surface area contributed by atoms with Crippen LogP contribution in [0, 0.1) is 12.8 Å². The van der Waals surface area contributed by atoms with Gasteiger partial charge in [-0.25, -0.2) is 9.97 Å². The van der Waals surface area contributed by atoms with E-state index in [1.165, 1.54) is 69.7 Å². The maximum absolute atomic E-state index is 4.52. The van der Waals surface area contributed by atoms with Crippen LogP contribution in [0.4, 0.5) is 0 Å². The van der Waals surface area contributed by atoms with Gasteiger partial charge in [-0.1, -0.05) is 27.7 Å². The van der Waals surface area contributed by atoms with Gasteiger partial charge in [0.25, 0.3) is 0 Å². The van der Waals surface area contributed by atoms with Gasteiger partial charge in [0.15, 0.2) is 0 Å². The summed E-state index contributed by atoms with van der Waals surface area (Å²) >= 11 is 0. The van der Waals surface area contributed by atoms with Crippen LogP contribution >= 0.6 is 0 Å². The van der Waals surface area contributed by atoms with Crippen LogP contribution in [0.15, 0.2) is 12.5 Å². The fraction of sp³-hybridized carbons (Fsp3) is 0.810. The Bertz CT molecular complexity index is 447. The van der Waals surface area contributed by atoms with Crippen molar-refractivity contribution in [2.45, 2.75) is 66.2 Å². The van der Waals surface area contributed by atoms with Crippen molar-refractivity contribution in [2.24, 2.45) is 5.92 Å². The average Bonchev–Trinajstić information content (AvgIpc) is 2.68. The Hall–Kier alpha value is -1.00. The van der Waals surface area contributed by atoms with E-state index in [2.05, 4.69) is 33.7 Å². The lowest BCUT2D eigenvalue weighted by molar-refractivity contribution is 0.138. The van der Waals surface area contributed by atoms with Gasteiger partial charge >= 0.3 is 0 Å². The molecule has 25 heavy (non-hydrogen) atoms. The van der Waals surface area contributed by atoms with Crippen LogP contribution in [0.2, 0.25) is 0 Å². The van der Waals surface area contributed by atoms with Gasteiger partial charge < -0.3 is 9.80 Å². The maximum atomic E-state index is 4.52. The molecule has 0 aromatic carbocycles. The summed E-state index contributed by atoms with van der Waals surface area (Å²) < 4.78 is 0. The van der Waals surface area contributed by atoms with Crippen molar-refractivity contribution in [3.05, 3.63) is 23.8 Å². The molecule has 144 valence electrons. The van der Waals surface area contributed by atoms with Crippen molar-refractivity contribution in [1.29, 1.82) is 0 Å². The number of aromatic nitrogens is 2. The van der Waals surface area contributed by atoms with Crippen molar-refractivity contribution in [1.82, 2.24) is 19.8 Å². The van der Waals surface area contributed by atoms with Gasteiger partial charge in [-0.05, 0) is 77.3 Å². The molecule has 0 atom stereocenters. The first-order chi connectivity index (χ1) is 12.2. The highest BCUT2D eigenvalue weighted by atomic mass is 15.1. The van der Waals surface area contributed by atoms with Crippen molar-refractivity contribution >= 4 is 0 Å². The van der Waals surface area contributed by atoms with Crippen LogP contribution in [-0.2, 0) is 0 Å². The average molecular weight is 349 g/mol. The third-order valence-electron chi connectivity index (χ3n) is 5.26. The lowest BCUT2D eigenvalue weighted by Gasteiger charge is -2.36. The van der Waals surface area contributed by atoms with E-state index >= 15 is 0 Å². The summed E-state index contributed by atoms with van der Waals surface area (Å²) in [6, 6.07) is 0. The molecule has 4 nitrogen and oxygen atoms in total. The molecule has 0 radical (unpaired) electrons. The third-order valence-corrected chi connectivity index (χ3v) is 5.26. The normalized spacial score (nSPS) is 20.2. The van der Waals surface area contributed by atoms with E-state index in [1.54, 1.807) is 6.33 Å². The Morgan fingerprint density at radius 2 is 1.56 bits per heavy atom. The zero-order valence-electron chi connectivity index (χ0n) is 17.5. The quantitative estimate of drug-likeness (QED) is 0.812. The first kappa shape index (κ1) is 22.0. The SMILES string of the molecule is CC.CC.Cc1cncnc1C1CCN(CC2CCN(C)CC2)CC1. The Kier molecular flexibility index (Phi) is 10.9. The predicted octanol–water partition coefficient (Wildman–Crippen LogP) is 4.36. The molecule has 2 aliphatic rings. The smallest absolute Gasteiger partial charge is 0.115 e. The second kappa shape index (κ2) is 12.4. The van der Waals surface area contributed by atoms with Crippen LogP contribution in [0.1, 0.15) is 70.6 Å². The van der Waals surface area contributed by atoms with E-state index < -0.39 is 0 Å². The minimum atomic E-state index is 0.640. The van der Waals surface area contributed by atoms with Crippen molar-refractivity contribution in [3.63, 3.8) is 0 Å². The molecule has 0 unspecified atom stereocenters. The van der Waals surface area contributed by atoms with Crippen LogP contribution in [0.5, 0.6) is 0 Å². The van der Waals surface area contributed by atoms with Gasteiger partial charge in [-0.2, -0.15) is 0 Å². The first-order valence-corrected chi connectivity index (χ1v) is 10.4. The van der Waals surface area contributed by atoms with Gasteiger partial charge in [0, 0.05) is 24.4 Å². The molecule has 3 heterocycles. The Morgan fingerprint density at radius 3 is 2.12 bits per heavy atom. The van der Waals surface area contributed by atoms with E-state index in [-0.39, 0.29) is 0 Å². The molecule has 4 heteroatoms. The third kappa shape index (κ3) is 7.02. The summed E-state index contributed by atoms with van der Waals surface area (Å²) in [6.45, 7) is 16.5. The molecular formula is C21H40N4. The van der Waals surface area contributed by atoms with Crippen LogP contribution in [0.3, 0.4) is 0 Å². The second-order valence-electron chi connectivity index (χ2n) is 6.91. The highest BCUT2D eigenvalue weighted by molar-refractivity contribution is 5.18. The van der Waals surface area contributed by atoms with Crippen molar-refractivity contribution in [3.8, 4) is 0 Å². The summed E-state index contributed by atoms with van der Waals surface area (Å²) in [6.07, 6.45) is 8.91. The molecule has 2 fully saturated rings. The molecular weight excluding hydrogens is 308 g/mol. The molecule has 2 saturated heterocycles. The fourth-order valence-corrected chi connectivity index (χ4v) is 3.83. The van der Waals surface area contributed by atoms with E-state index in [9.17, 15) is 0 Å². The van der Waals surface area contributed by atoms with Gasteiger partial charge in [-0.15, -0.1) is 0 Å². The Morgan fingerprint density at radius 1 is 0.960 bits per heavy atom. The standard InChI is InChI=1S/C17H28N4.2C2H6/c1-14-11-18-13-19-17(14)16-5-9-21(10-6-16)12-15-3-7-20(2)8-4-15;2*1-2/h11,13,15-16H,3-10,12H2,1-2H3;2*1-2H3. The minimum Gasteiger partial charge on any atom is -0.306 e. The second-order valence-corrected chi connectivity index (χ2v) is 6.91. The minimum absolute atomic E-state index is 0.640. The number of hydrogen-bond acceptors (Lipinski definition) is 4. The fourth-order valence-electron chi connectivity index (χ4n) is 3.83.